The number of pyridine rings is 1. The predicted octanol–water partition coefficient (Wildman–Crippen LogP) is 4.06. The van der Waals surface area contributed by atoms with E-state index < -0.39 is 6.09 Å². The normalized spacial score (nSPS) is 16.5. The van der Waals surface area contributed by atoms with Gasteiger partial charge in [-0.2, -0.15) is 0 Å². The van der Waals surface area contributed by atoms with Crippen molar-refractivity contribution in [2.75, 3.05) is 0 Å². The Bertz CT molecular complexity index is 1480. The number of amides is 1. The van der Waals surface area contributed by atoms with Gasteiger partial charge in [0.1, 0.15) is 5.71 Å². The molecule has 0 atom stereocenters. The lowest BCUT2D eigenvalue weighted by atomic mass is 10.1. The maximum Gasteiger partial charge on any atom is 0.411 e. The number of carbonyl (C=O) groups is 1. The molecule has 5 rings (SSSR count). The van der Waals surface area contributed by atoms with E-state index >= 15 is 0 Å². The van der Waals surface area contributed by atoms with Gasteiger partial charge in [0.15, 0.2) is 6.61 Å². The van der Waals surface area contributed by atoms with Crippen LogP contribution in [0.5, 0.6) is 5.88 Å². The van der Waals surface area contributed by atoms with E-state index in [4.69, 9.17) is 15.3 Å². The lowest BCUT2D eigenvalue weighted by Crippen LogP contribution is -2.17. The molecule has 0 bridgehead atoms. The molecule has 0 saturated carbocycles. The second-order valence-electron chi connectivity index (χ2n) is 7.86. The zero-order chi connectivity index (χ0) is 24.9. The highest BCUT2D eigenvalue weighted by atomic mass is 16.6. The van der Waals surface area contributed by atoms with Crippen LogP contribution in [0.25, 0.3) is 0 Å². The highest BCUT2D eigenvalue weighted by molar-refractivity contribution is 6.18. The molecule has 4 heterocycles. The van der Waals surface area contributed by atoms with Crippen molar-refractivity contribution in [3.8, 4) is 5.88 Å². The fourth-order valence-electron chi connectivity index (χ4n) is 3.90. The van der Waals surface area contributed by atoms with Crippen LogP contribution in [0.4, 0.5) is 4.79 Å². The van der Waals surface area contributed by atoms with Crippen molar-refractivity contribution in [2.24, 2.45) is 27.9 Å². The number of oxime groups is 1. The standard InChI is InChI=1S/C27H22N6O3/c1-33-22(12-13-23(33)26-20(14-16-30-26)21-10-6-15-29-21)25(18-7-3-2-4-8-18)32-35-17-19-9-5-11-24(31-19)36-27(28)34/h2-16H,17H2,1H3,(H2,28,34)/b21-20?,32-25-. The van der Waals surface area contributed by atoms with Crippen molar-refractivity contribution in [1.29, 1.82) is 0 Å². The van der Waals surface area contributed by atoms with Crippen LogP contribution in [0.2, 0.25) is 0 Å². The van der Waals surface area contributed by atoms with Crippen LogP contribution in [-0.4, -0.2) is 33.3 Å². The van der Waals surface area contributed by atoms with Crippen LogP contribution in [0.15, 0.2) is 112 Å². The third-order valence-corrected chi connectivity index (χ3v) is 5.54. The topological polar surface area (TPSA) is 116 Å². The number of ether oxygens (including phenoxy) is 1. The Hall–Kier alpha value is -5.05. The summed E-state index contributed by atoms with van der Waals surface area (Å²) < 4.78 is 6.87. The van der Waals surface area contributed by atoms with Crippen molar-refractivity contribution >= 4 is 23.7 Å². The number of aromatic nitrogens is 2. The number of nitrogens with two attached hydrogens (primary N) is 1. The summed E-state index contributed by atoms with van der Waals surface area (Å²) in [5.41, 5.74) is 11.6. The number of carbonyl (C=O) groups excluding carboxylic acids is 1. The summed E-state index contributed by atoms with van der Waals surface area (Å²) in [5.74, 6) is 0.0975. The van der Waals surface area contributed by atoms with Gasteiger partial charge >= 0.3 is 6.09 Å². The Morgan fingerprint density at radius 2 is 1.92 bits per heavy atom. The molecule has 9 heteroatoms. The minimum Gasteiger partial charge on any atom is -0.391 e. The van der Waals surface area contributed by atoms with Crippen molar-refractivity contribution < 1.29 is 14.4 Å². The molecule has 2 aliphatic rings. The van der Waals surface area contributed by atoms with Crippen LogP contribution < -0.4 is 10.5 Å². The monoisotopic (exact) mass is 478 g/mol. The maximum atomic E-state index is 11.0. The molecule has 178 valence electrons. The molecule has 0 fully saturated rings. The molecule has 0 unspecified atom stereocenters. The third-order valence-electron chi connectivity index (χ3n) is 5.54. The van der Waals surface area contributed by atoms with E-state index in [9.17, 15) is 4.79 Å². The number of benzene rings is 1. The molecule has 0 saturated heterocycles. The Kier molecular flexibility index (Phi) is 6.35. The summed E-state index contributed by atoms with van der Waals surface area (Å²) in [7, 11) is 1.96. The number of aliphatic imine (C=N–C) groups is 2. The molecule has 9 nitrogen and oxygen atoms in total. The van der Waals surface area contributed by atoms with Crippen LogP contribution in [-0.2, 0) is 18.5 Å². The highest BCUT2D eigenvalue weighted by Gasteiger charge is 2.22. The van der Waals surface area contributed by atoms with Gasteiger partial charge in [0.05, 0.1) is 28.5 Å². The zero-order valence-electron chi connectivity index (χ0n) is 19.4. The van der Waals surface area contributed by atoms with Crippen LogP contribution in [0.3, 0.4) is 0 Å². The fourth-order valence-corrected chi connectivity index (χ4v) is 3.90. The molecule has 0 radical (unpaired) electrons. The summed E-state index contributed by atoms with van der Waals surface area (Å²) in [5, 5.41) is 4.47. The Balaban J connectivity index is 1.45. The van der Waals surface area contributed by atoms with Gasteiger partial charge in [-0.15, -0.1) is 0 Å². The van der Waals surface area contributed by atoms with Crippen molar-refractivity contribution in [2.45, 2.75) is 6.61 Å². The number of primary amides is 1. The summed E-state index contributed by atoms with van der Waals surface area (Å²) in [6.45, 7) is 0.0702. The quantitative estimate of drug-likeness (QED) is 0.407. The third kappa shape index (κ3) is 4.76. The number of hydrogen-bond acceptors (Lipinski definition) is 7. The number of hydrogen-bond donors (Lipinski definition) is 1. The minimum absolute atomic E-state index is 0.0702. The number of nitrogens with zero attached hydrogens (tertiary/aromatic N) is 5. The molecule has 0 aliphatic carbocycles. The molecule has 2 aliphatic heterocycles. The average molecular weight is 479 g/mol. The second-order valence-corrected chi connectivity index (χ2v) is 7.86. The molecule has 1 amide bonds. The molecule has 3 aromatic rings. The molecule has 2 aromatic heterocycles. The molecule has 36 heavy (non-hydrogen) atoms. The first-order valence-corrected chi connectivity index (χ1v) is 11.1. The zero-order valence-corrected chi connectivity index (χ0v) is 19.4. The second kappa shape index (κ2) is 10.1. The largest absolute Gasteiger partial charge is 0.411 e. The summed E-state index contributed by atoms with van der Waals surface area (Å²) in [4.78, 5) is 29.9. The Morgan fingerprint density at radius 1 is 1.06 bits per heavy atom. The van der Waals surface area contributed by atoms with Gasteiger partial charge in [-0.3, -0.25) is 9.98 Å². The SMILES string of the molecule is Cn1c(C2=NC=CC2=C2C=CC=N2)ccc1/C(=N\OCc1cccc(OC(N)=O)n1)c1ccccc1. The van der Waals surface area contributed by atoms with E-state index in [-0.39, 0.29) is 12.5 Å². The molecular weight excluding hydrogens is 456 g/mol. The first-order valence-electron chi connectivity index (χ1n) is 11.1. The average Bonchev–Trinajstić information content (AvgIpc) is 3.63. The first kappa shape index (κ1) is 22.7. The van der Waals surface area contributed by atoms with Gasteiger partial charge in [-0.05, 0) is 36.4 Å². The summed E-state index contributed by atoms with van der Waals surface area (Å²) in [6.07, 6.45) is 8.45. The van der Waals surface area contributed by atoms with E-state index in [1.54, 1.807) is 24.5 Å². The van der Waals surface area contributed by atoms with Gasteiger partial charge in [-0.25, -0.2) is 9.78 Å². The smallest absolute Gasteiger partial charge is 0.391 e. The van der Waals surface area contributed by atoms with E-state index in [0.717, 1.165) is 33.9 Å². The number of allylic oxidation sites excluding steroid dienone is 4. The predicted molar refractivity (Wildman–Crippen MR) is 137 cm³/mol. The van der Waals surface area contributed by atoms with Crippen LogP contribution in [0.1, 0.15) is 22.6 Å². The van der Waals surface area contributed by atoms with Crippen molar-refractivity contribution in [3.63, 3.8) is 0 Å². The van der Waals surface area contributed by atoms with E-state index in [0.29, 0.717) is 11.4 Å². The first-order chi connectivity index (χ1) is 17.6. The van der Waals surface area contributed by atoms with Gasteiger partial charge in [0.2, 0.25) is 5.88 Å². The van der Waals surface area contributed by atoms with Gasteiger partial charge in [0.25, 0.3) is 0 Å². The lowest BCUT2D eigenvalue weighted by Gasteiger charge is -2.12. The molecule has 0 spiro atoms. The van der Waals surface area contributed by atoms with Crippen LogP contribution in [0, 0.1) is 0 Å². The Morgan fingerprint density at radius 3 is 2.69 bits per heavy atom. The minimum atomic E-state index is -0.930. The molecule has 2 N–H and O–H groups in total. The van der Waals surface area contributed by atoms with Gasteiger partial charge < -0.3 is 19.9 Å². The fraction of sp³-hybridized carbons (Fsp3) is 0.0741. The van der Waals surface area contributed by atoms with Crippen molar-refractivity contribution in [3.05, 3.63) is 119 Å². The maximum absolute atomic E-state index is 11.0. The molecule has 1 aromatic carbocycles. The molecular formula is C27H22N6O3. The van der Waals surface area contributed by atoms with Crippen LogP contribution >= 0.6 is 0 Å². The van der Waals surface area contributed by atoms with Gasteiger partial charge in [0, 0.05) is 36.7 Å². The van der Waals surface area contributed by atoms with E-state index in [2.05, 4.69) is 20.1 Å². The Labute approximate surface area is 207 Å². The van der Waals surface area contributed by atoms with E-state index in [1.165, 1.54) is 6.07 Å². The van der Waals surface area contributed by atoms with Gasteiger partial charge in [-0.1, -0.05) is 41.6 Å². The van der Waals surface area contributed by atoms with E-state index in [1.807, 2.05) is 72.3 Å². The van der Waals surface area contributed by atoms with Crippen molar-refractivity contribution in [1.82, 2.24) is 9.55 Å². The highest BCUT2D eigenvalue weighted by Crippen LogP contribution is 2.25. The summed E-state index contributed by atoms with van der Waals surface area (Å²) in [6, 6.07) is 18.7. The number of rotatable bonds is 7. The lowest BCUT2D eigenvalue weighted by molar-refractivity contribution is 0.127. The summed E-state index contributed by atoms with van der Waals surface area (Å²) >= 11 is 0.